The third kappa shape index (κ3) is 2.60. The zero-order chi connectivity index (χ0) is 13.2. The van der Waals surface area contributed by atoms with Crippen molar-refractivity contribution in [3.05, 3.63) is 67.6 Å². The van der Waals surface area contributed by atoms with Crippen molar-refractivity contribution in [2.45, 2.75) is 19.1 Å². The summed E-state index contributed by atoms with van der Waals surface area (Å²) in [5.74, 6) is 0. The highest BCUT2D eigenvalue weighted by Gasteiger charge is 2.21. The SMILES string of the molecule is O=c1c(I)cccn1CC1OCCc2ccccc21. The highest BCUT2D eigenvalue weighted by molar-refractivity contribution is 14.1. The smallest absolute Gasteiger partial charge is 0.264 e. The van der Waals surface area contributed by atoms with Gasteiger partial charge in [0.05, 0.1) is 16.7 Å². The van der Waals surface area contributed by atoms with Crippen molar-refractivity contribution in [3.63, 3.8) is 0 Å². The number of nitrogens with zero attached hydrogens (tertiary/aromatic N) is 1. The van der Waals surface area contributed by atoms with E-state index in [0.29, 0.717) is 6.54 Å². The number of hydrogen-bond acceptors (Lipinski definition) is 2. The van der Waals surface area contributed by atoms with Crippen molar-refractivity contribution >= 4 is 22.6 Å². The van der Waals surface area contributed by atoms with Crippen LogP contribution < -0.4 is 5.56 Å². The molecule has 4 heteroatoms. The van der Waals surface area contributed by atoms with Gasteiger partial charge in [0.15, 0.2) is 0 Å². The molecule has 98 valence electrons. The number of ether oxygens (including phenoxy) is 1. The van der Waals surface area contributed by atoms with E-state index >= 15 is 0 Å². The van der Waals surface area contributed by atoms with E-state index in [2.05, 4.69) is 40.8 Å². The minimum Gasteiger partial charge on any atom is -0.371 e. The lowest BCUT2D eigenvalue weighted by molar-refractivity contribution is 0.0299. The Balaban J connectivity index is 1.93. The van der Waals surface area contributed by atoms with E-state index in [-0.39, 0.29) is 11.7 Å². The van der Waals surface area contributed by atoms with Crippen LogP contribution in [0.4, 0.5) is 0 Å². The first kappa shape index (κ1) is 12.9. The molecule has 0 spiro atoms. The molecule has 0 N–H and O–H groups in total. The summed E-state index contributed by atoms with van der Waals surface area (Å²) in [6.45, 7) is 1.30. The molecule has 0 bridgehead atoms. The molecule has 0 saturated heterocycles. The number of benzene rings is 1. The Morgan fingerprint density at radius 2 is 2.11 bits per heavy atom. The van der Waals surface area contributed by atoms with Crippen molar-refractivity contribution < 1.29 is 4.74 Å². The lowest BCUT2D eigenvalue weighted by Crippen LogP contribution is -2.27. The van der Waals surface area contributed by atoms with E-state index in [4.69, 9.17) is 4.74 Å². The Morgan fingerprint density at radius 3 is 3.00 bits per heavy atom. The maximum atomic E-state index is 12.1. The Morgan fingerprint density at radius 1 is 1.26 bits per heavy atom. The molecule has 2 aromatic rings. The number of fused-ring (bicyclic) bond motifs is 1. The second-order valence-electron chi connectivity index (χ2n) is 4.62. The number of halogens is 1. The van der Waals surface area contributed by atoms with Gasteiger partial charge in [0.25, 0.3) is 5.56 Å². The van der Waals surface area contributed by atoms with Gasteiger partial charge >= 0.3 is 0 Å². The molecule has 0 fully saturated rings. The predicted molar refractivity (Wildman–Crippen MR) is 82.3 cm³/mol. The number of rotatable bonds is 2. The van der Waals surface area contributed by atoms with Crippen LogP contribution in [0.3, 0.4) is 0 Å². The molecule has 3 rings (SSSR count). The van der Waals surface area contributed by atoms with Crippen LogP contribution in [0, 0.1) is 3.57 Å². The lowest BCUT2D eigenvalue weighted by Gasteiger charge is -2.26. The molecule has 1 aliphatic rings. The van der Waals surface area contributed by atoms with Gasteiger partial charge in [-0.25, -0.2) is 0 Å². The van der Waals surface area contributed by atoms with Crippen molar-refractivity contribution in [1.29, 1.82) is 0 Å². The second-order valence-corrected chi connectivity index (χ2v) is 5.78. The molecule has 0 saturated carbocycles. The van der Waals surface area contributed by atoms with Crippen molar-refractivity contribution in [2.24, 2.45) is 0 Å². The maximum Gasteiger partial charge on any atom is 0.264 e. The Hall–Kier alpha value is -1.14. The molecular formula is C15H14INO2. The molecule has 1 unspecified atom stereocenters. The van der Waals surface area contributed by atoms with Crippen LogP contribution in [-0.2, 0) is 17.7 Å². The molecule has 3 nitrogen and oxygen atoms in total. The minimum absolute atomic E-state index is 0.0270. The van der Waals surface area contributed by atoms with Gasteiger partial charge in [-0.05, 0) is 52.3 Å². The molecule has 1 aliphatic heterocycles. The first-order valence-corrected chi connectivity index (χ1v) is 7.38. The number of hydrogen-bond donors (Lipinski definition) is 0. The van der Waals surface area contributed by atoms with Crippen molar-refractivity contribution in [1.82, 2.24) is 4.57 Å². The highest BCUT2D eigenvalue weighted by Crippen LogP contribution is 2.27. The molecule has 1 aromatic carbocycles. The van der Waals surface area contributed by atoms with E-state index in [1.54, 1.807) is 4.57 Å². The zero-order valence-electron chi connectivity index (χ0n) is 10.4. The fourth-order valence-corrected chi connectivity index (χ4v) is 2.98. The predicted octanol–water partition coefficient (Wildman–Crippen LogP) is 2.77. The van der Waals surface area contributed by atoms with Crippen LogP contribution in [0.25, 0.3) is 0 Å². The average molecular weight is 367 g/mol. The van der Waals surface area contributed by atoms with Gasteiger partial charge in [0.1, 0.15) is 6.10 Å². The largest absolute Gasteiger partial charge is 0.371 e. The molecule has 0 aliphatic carbocycles. The van der Waals surface area contributed by atoms with Gasteiger partial charge in [0.2, 0.25) is 0 Å². The summed E-state index contributed by atoms with van der Waals surface area (Å²) < 4.78 is 8.31. The molecule has 0 radical (unpaired) electrons. The van der Waals surface area contributed by atoms with Gasteiger partial charge < -0.3 is 9.30 Å². The summed E-state index contributed by atoms with van der Waals surface area (Å²) in [4.78, 5) is 12.1. The van der Waals surface area contributed by atoms with Crippen molar-refractivity contribution in [3.8, 4) is 0 Å². The summed E-state index contributed by atoms with van der Waals surface area (Å²) in [7, 11) is 0. The van der Waals surface area contributed by atoms with Crippen LogP contribution >= 0.6 is 22.6 Å². The van der Waals surface area contributed by atoms with Gasteiger partial charge in [0, 0.05) is 6.20 Å². The summed E-state index contributed by atoms with van der Waals surface area (Å²) >= 11 is 2.07. The van der Waals surface area contributed by atoms with Gasteiger partial charge in [-0.15, -0.1) is 0 Å². The third-order valence-corrected chi connectivity index (χ3v) is 4.25. The summed E-state index contributed by atoms with van der Waals surface area (Å²) in [5.41, 5.74) is 2.59. The number of aromatic nitrogens is 1. The topological polar surface area (TPSA) is 31.2 Å². The van der Waals surface area contributed by atoms with E-state index in [1.807, 2.05) is 24.4 Å². The minimum atomic E-state index is -0.0270. The van der Waals surface area contributed by atoms with Gasteiger partial charge in [-0.3, -0.25) is 4.79 Å². The summed E-state index contributed by atoms with van der Waals surface area (Å²) in [5, 5.41) is 0. The van der Waals surface area contributed by atoms with Crippen LogP contribution in [0.5, 0.6) is 0 Å². The Kier molecular flexibility index (Phi) is 3.70. The van der Waals surface area contributed by atoms with E-state index in [0.717, 1.165) is 16.6 Å². The Bertz CT molecular complexity index is 651. The van der Waals surface area contributed by atoms with Gasteiger partial charge in [-0.2, -0.15) is 0 Å². The molecular weight excluding hydrogens is 353 g/mol. The number of pyridine rings is 1. The quantitative estimate of drug-likeness (QED) is 0.765. The fourth-order valence-electron chi connectivity index (χ4n) is 2.46. The van der Waals surface area contributed by atoms with Gasteiger partial charge in [-0.1, -0.05) is 24.3 Å². The van der Waals surface area contributed by atoms with Crippen molar-refractivity contribution in [2.75, 3.05) is 6.61 Å². The first-order chi connectivity index (χ1) is 9.25. The summed E-state index contributed by atoms with van der Waals surface area (Å²) in [6, 6.07) is 12.0. The van der Waals surface area contributed by atoms with E-state index in [9.17, 15) is 4.79 Å². The molecule has 2 heterocycles. The zero-order valence-corrected chi connectivity index (χ0v) is 12.5. The average Bonchev–Trinajstić information content (AvgIpc) is 2.44. The molecule has 19 heavy (non-hydrogen) atoms. The van der Waals surface area contributed by atoms with Crippen LogP contribution in [0.2, 0.25) is 0 Å². The lowest BCUT2D eigenvalue weighted by atomic mass is 9.97. The monoisotopic (exact) mass is 367 g/mol. The van der Waals surface area contributed by atoms with Crippen LogP contribution in [0.15, 0.2) is 47.4 Å². The normalized spacial score (nSPS) is 18.1. The second kappa shape index (κ2) is 5.46. The van der Waals surface area contributed by atoms with Crippen LogP contribution in [-0.4, -0.2) is 11.2 Å². The fraction of sp³-hybridized carbons (Fsp3) is 0.267. The van der Waals surface area contributed by atoms with E-state index in [1.165, 1.54) is 11.1 Å². The Labute approximate surface area is 125 Å². The highest BCUT2D eigenvalue weighted by atomic mass is 127. The maximum absolute atomic E-state index is 12.1. The first-order valence-electron chi connectivity index (χ1n) is 6.30. The summed E-state index contributed by atoms with van der Waals surface area (Å²) in [6.07, 6.45) is 2.75. The molecule has 0 amide bonds. The third-order valence-electron chi connectivity index (χ3n) is 3.43. The van der Waals surface area contributed by atoms with Crippen LogP contribution in [0.1, 0.15) is 17.2 Å². The van der Waals surface area contributed by atoms with E-state index < -0.39 is 0 Å². The molecule has 1 atom stereocenters. The molecule has 1 aromatic heterocycles. The standard InChI is InChI=1S/C15H14INO2/c16-13-6-3-8-17(15(13)18)10-14-12-5-2-1-4-11(12)7-9-19-14/h1-6,8,14H,7,9-10H2.